The molecule has 0 amide bonds. The Morgan fingerprint density at radius 3 is 2.58 bits per heavy atom. The molecule has 1 aliphatic heterocycles. The van der Waals surface area contributed by atoms with Gasteiger partial charge in [0, 0.05) is 24.1 Å². The number of sulfonamides is 1. The van der Waals surface area contributed by atoms with Gasteiger partial charge in [-0.15, -0.1) is 0 Å². The SMILES string of the molecule is Cc1cc(S(=O)(=O)N2CCCN(C)CC2)ccc1Br. The zero-order chi connectivity index (χ0) is 14.0. The number of aryl methyl sites for hydroxylation is 1. The van der Waals surface area contributed by atoms with Crippen molar-refractivity contribution in [1.29, 1.82) is 0 Å². The van der Waals surface area contributed by atoms with E-state index in [1.807, 2.05) is 14.0 Å². The molecule has 1 aromatic rings. The number of rotatable bonds is 2. The molecule has 1 heterocycles. The highest BCUT2D eigenvalue weighted by molar-refractivity contribution is 9.10. The lowest BCUT2D eigenvalue weighted by molar-refractivity contribution is 0.347. The second kappa shape index (κ2) is 5.91. The average Bonchev–Trinajstić information content (AvgIpc) is 2.57. The number of nitrogens with zero attached hydrogens (tertiary/aromatic N) is 2. The van der Waals surface area contributed by atoms with Gasteiger partial charge in [-0.05, 0) is 50.7 Å². The van der Waals surface area contributed by atoms with Crippen molar-refractivity contribution >= 4 is 26.0 Å². The van der Waals surface area contributed by atoms with E-state index in [9.17, 15) is 8.42 Å². The van der Waals surface area contributed by atoms with E-state index in [1.54, 1.807) is 22.5 Å². The predicted octanol–water partition coefficient (Wildman–Crippen LogP) is 2.08. The van der Waals surface area contributed by atoms with Gasteiger partial charge in [0.25, 0.3) is 0 Å². The maximum Gasteiger partial charge on any atom is 0.243 e. The van der Waals surface area contributed by atoms with Gasteiger partial charge in [0.15, 0.2) is 0 Å². The van der Waals surface area contributed by atoms with Crippen LogP contribution in [0.1, 0.15) is 12.0 Å². The standard InChI is InChI=1S/C13H19BrN2O2S/c1-11-10-12(4-5-13(11)14)19(17,18)16-7-3-6-15(2)8-9-16/h4-5,10H,3,6-9H2,1-2H3. The average molecular weight is 347 g/mol. The second-order valence-electron chi connectivity index (χ2n) is 4.97. The molecule has 1 fully saturated rings. The number of hydrogen-bond donors (Lipinski definition) is 0. The zero-order valence-electron chi connectivity index (χ0n) is 11.3. The van der Waals surface area contributed by atoms with E-state index in [-0.39, 0.29) is 0 Å². The summed E-state index contributed by atoms with van der Waals surface area (Å²) >= 11 is 3.40. The molecule has 1 aromatic carbocycles. The lowest BCUT2D eigenvalue weighted by Crippen LogP contribution is -2.34. The van der Waals surface area contributed by atoms with Crippen LogP contribution < -0.4 is 0 Å². The van der Waals surface area contributed by atoms with E-state index in [0.717, 1.165) is 29.5 Å². The van der Waals surface area contributed by atoms with E-state index in [1.165, 1.54) is 0 Å². The summed E-state index contributed by atoms with van der Waals surface area (Å²) in [6.45, 7) is 4.80. The Bertz CT molecular complexity index is 560. The Morgan fingerprint density at radius 1 is 1.16 bits per heavy atom. The van der Waals surface area contributed by atoms with Crippen LogP contribution in [0.5, 0.6) is 0 Å². The minimum atomic E-state index is -3.36. The summed E-state index contributed by atoms with van der Waals surface area (Å²) in [6, 6.07) is 5.20. The molecular weight excluding hydrogens is 328 g/mol. The number of hydrogen-bond acceptors (Lipinski definition) is 3. The molecule has 19 heavy (non-hydrogen) atoms. The fourth-order valence-electron chi connectivity index (χ4n) is 2.19. The molecule has 2 rings (SSSR count). The highest BCUT2D eigenvalue weighted by Gasteiger charge is 2.26. The lowest BCUT2D eigenvalue weighted by atomic mass is 10.2. The Balaban J connectivity index is 2.28. The van der Waals surface area contributed by atoms with Crippen molar-refractivity contribution in [2.75, 3.05) is 33.2 Å². The highest BCUT2D eigenvalue weighted by Crippen LogP contribution is 2.23. The van der Waals surface area contributed by atoms with Gasteiger partial charge < -0.3 is 4.90 Å². The Kier molecular flexibility index (Phi) is 4.66. The van der Waals surface area contributed by atoms with Crippen LogP contribution in [0.25, 0.3) is 0 Å². The van der Waals surface area contributed by atoms with Crippen molar-refractivity contribution in [3.63, 3.8) is 0 Å². The van der Waals surface area contributed by atoms with E-state index < -0.39 is 10.0 Å². The third kappa shape index (κ3) is 3.37. The van der Waals surface area contributed by atoms with Crippen molar-refractivity contribution in [3.05, 3.63) is 28.2 Å². The van der Waals surface area contributed by atoms with Crippen LogP contribution in [0, 0.1) is 6.92 Å². The van der Waals surface area contributed by atoms with Crippen molar-refractivity contribution in [3.8, 4) is 0 Å². The van der Waals surface area contributed by atoms with E-state index in [4.69, 9.17) is 0 Å². The summed E-state index contributed by atoms with van der Waals surface area (Å²) in [4.78, 5) is 2.56. The Hall–Kier alpha value is -0.430. The quantitative estimate of drug-likeness (QED) is 0.823. The fraction of sp³-hybridized carbons (Fsp3) is 0.538. The number of benzene rings is 1. The van der Waals surface area contributed by atoms with Crippen LogP contribution in [0.3, 0.4) is 0 Å². The monoisotopic (exact) mass is 346 g/mol. The van der Waals surface area contributed by atoms with Gasteiger partial charge in [-0.3, -0.25) is 0 Å². The lowest BCUT2D eigenvalue weighted by Gasteiger charge is -2.20. The maximum absolute atomic E-state index is 12.6. The molecule has 0 bridgehead atoms. The number of likely N-dealkylation sites (N-methyl/N-ethyl adjacent to an activating group) is 1. The van der Waals surface area contributed by atoms with Gasteiger partial charge in [-0.25, -0.2) is 8.42 Å². The Morgan fingerprint density at radius 2 is 1.89 bits per heavy atom. The molecule has 0 aromatic heterocycles. The van der Waals surface area contributed by atoms with E-state index in [2.05, 4.69) is 20.8 Å². The van der Waals surface area contributed by atoms with Gasteiger partial charge in [0.2, 0.25) is 10.0 Å². The predicted molar refractivity (Wildman–Crippen MR) is 79.8 cm³/mol. The van der Waals surface area contributed by atoms with Gasteiger partial charge in [0.1, 0.15) is 0 Å². The molecule has 0 aliphatic carbocycles. The smallest absolute Gasteiger partial charge is 0.243 e. The summed E-state index contributed by atoms with van der Waals surface area (Å²) in [5.74, 6) is 0. The van der Waals surface area contributed by atoms with Gasteiger partial charge in [-0.1, -0.05) is 15.9 Å². The minimum absolute atomic E-state index is 0.387. The summed E-state index contributed by atoms with van der Waals surface area (Å²) < 4.78 is 27.7. The molecule has 0 N–H and O–H groups in total. The molecule has 0 unspecified atom stereocenters. The van der Waals surface area contributed by atoms with Gasteiger partial charge in [-0.2, -0.15) is 4.31 Å². The molecule has 0 radical (unpaired) electrons. The van der Waals surface area contributed by atoms with Gasteiger partial charge >= 0.3 is 0 Å². The van der Waals surface area contributed by atoms with Crippen molar-refractivity contribution < 1.29 is 8.42 Å². The van der Waals surface area contributed by atoms with Crippen molar-refractivity contribution in [2.45, 2.75) is 18.2 Å². The first-order chi connectivity index (χ1) is 8.91. The third-order valence-electron chi connectivity index (χ3n) is 3.45. The second-order valence-corrected chi connectivity index (χ2v) is 7.76. The summed E-state index contributed by atoms with van der Waals surface area (Å²) in [6.07, 6.45) is 0.880. The molecule has 0 spiro atoms. The molecule has 106 valence electrons. The molecule has 0 atom stereocenters. The van der Waals surface area contributed by atoms with E-state index >= 15 is 0 Å². The van der Waals surface area contributed by atoms with Crippen LogP contribution in [0.4, 0.5) is 0 Å². The van der Waals surface area contributed by atoms with Crippen LogP contribution in [-0.4, -0.2) is 50.8 Å². The van der Waals surface area contributed by atoms with Crippen LogP contribution in [0.2, 0.25) is 0 Å². The maximum atomic E-state index is 12.6. The van der Waals surface area contributed by atoms with Crippen LogP contribution in [0.15, 0.2) is 27.6 Å². The number of halogens is 1. The molecule has 6 heteroatoms. The highest BCUT2D eigenvalue weighted by atomic mass is 79.9. The summed E-state index contributed by atoms with van der Waals surface area (Å²) in [5, 5.41) is 0. The molecule has 1 aliphatic rings. The van der Waals surface area contributed by atoms with E-state index in [0.29, 0.717) is 18.0 Å². The molecular formula is C13H19BrN2O2S. The molecule has 1 saturated heterocycles. The van der Waals surface area contributed by atoms with Crippen LogP contribution in [-0.2, 0) is 10.0 Å². The first-order valence-corrected chi connectivity index (χ1v) is 8.59. The topological polar surface area (TPSA) is 40.6 Å². The zero-order valence-corrected chi connectivity index (χ0v) is 13.7. The molecule has 4 nitrogen and oxygen atoms in total. The summed E-state index contributed by atoms with van der Waals surface area (Å²) in [7, 11) is -1.33. The van der Waals surface area contributed by atoms with Crippen molar-refractivity contribution in [2.24, 2.45) is 0 Å². The Labute approximate surface area is 123 Å². The normalized spacial score (nSPS) is 19.3. The van der Waals surface area contributed by atoms with Gasteiger partial charge in [0.05, 0.1) is 4.90 Å². The molecule has 0 saturated carbocycles. The fourth-order valence-corrected chi connectivity index (χ4v) is 3.99. The summed E-state index contributed by atoms with van der Waals surface area (Å²) in [5.41, 5.74) is 0.938. The third-order valence-corrected chi connectivity index (χ3v) is 6.23. The largest absolute Gasteiger partial charge is 0.305 e. The first kappa shape index (κ1) is 15.0. The van der Waals surface area contributed by atoms with Crippen molar-refractivity contribution in [1.82, 2.24) is 9.21 Å². The first-order valence-electron chi connectivity index (χ1n) is 6.36. The minimum Gasteiger partial charge on any atom is -0.305 e. The van der Waals surface area contributed by atoms with Crippen LogP contribution >= 0.6 is 15.9 Å².